The molecule has 0 saturated carbocycles. The monoisotopic (exact) mass is 405 g/mol. The Morgan fingerprint density at radius 1 is 0.645 bits per heavy atom. The predicted molar refractivity (Wildman–Crippen MR) is 121 cm³/mol. The van der Waals surface area contributed by atoms with Gasteiger partial charge >= 0.3 is 0 Å². The number of anilines is 2. The van der Waals surface area contributed by atoms with Gasteiger partial charge in [0.25, 0.3) is 0 Å². The van der Waals surface area contributed by atoms with Crippen LogP contribution in [0.3, 0.4) is 0 Å². The number of hydrogen-bond acceptors (Lipinski definition) is 6. The highest BCUT2D eigenvalue weighted by Gasteiger charge is 2.10. The zero-order valence-corrected chi connectivity index (χ0v) is 16.6. The van der Waals surface area contributed by atoms with Crippen LogP contribution in [0.4, 0.5) is 11.5 Å². The molecular weight excluding hydrogens is 386 g/mol. The fraction of sp³-hybridized carbons (Fsp3) is 0.0400. The van der Waals surface area contributed by atoms with Crippen LogP contribution in [0.15, 0.2) is 97.6 Å². The van der Waals surface area contributed by atoms with Gasteiger partial charge in [-0.25, -0.2) is 0 Å². The third-order valence-corrected chi connectivity index (χ3v) is 4.89. The molecule has 0 saturated heterocycles. The van der Waals surface area contributed by atoms with Gasteiger partial charge in [0.15, 0.2) is 5.82 Å². The van der Waals surface area contributed by atoms with Crippen LogP contribution in [0.2, 0.25) is 0 Å². The van der Waals surface area contributed by atoms with E-state index in [0.717, 1.165) is 45.0 Å². The minimum absolute atomic E-state index is 0.706. The molecule has 6 nitrogen and oxygen atoms in total. The summed E-state index contributed by atoms with van der Waals surface area (Å²) >= 11 is 0. The van der Waals surface area contributed by atoms with Crippen LogP contribution in [0.5, 0.6) is 11.5 Å². The number of nitrogens with one attached hydrogen (secondary N) is 1. The Morgan fingerprint density at radius 2 is 1.29 bits per heavy atom. The number of aromatic nitrogens is 4. The van der Waals surface area contributed by atoms with E-state index in [2.05, 4.69) is 37.6 Å². The molecule has 0 radical (unpaired) electrons. The number of pyridine rings is 2. The van der Waals surface area contributed by atoms with Gasteiger partial charge in [0.05, 0.1) is 5.69 Å². The minimum Gasteiger partial charge on any atom is -0.457 e. The quantitative estimate of drug-likeness (QED) is 0.399. The summed E-state index contributed by atoms with van der Waals surface area (Å²) in [5.74, 6) is 2.22. The summed E-state index contributed by atoms with van der Waals surface area (Å²) < 4.78 is 5.83. The average Bonchev–Trinajstić information content (AvgIpc) is 2.83. The average molecular weight is 405 g/mol. The second kappa shape index (κ2) is 8.59. The van der Waals surface area contributed by atoms with Crippen molar-refractivity contribution in [3.8, 4) is 11.5 Å². The second-order valence-electron chi connectivity index (χ2n) is 7.01. The first-order chi connectivity index (χ1) is 15.3. The summed E-state index contributed by atoms with van der Waals surface area (Å²) in [6.45, 7) is 0. The summed E-state index contributed by atoms with van der Waals surface area (Å²) in [5, 5.41) is 14.5. The molecule has 0 unspecified atom stereocenters. The van der Waals surface area contributed by atoms with Gasteiger partial charge in [-0.3, -0.25) is 9.97 Å². The van der Waals surface area contributed by atoms with Gasteiger partial charge in [-0.1, -0.05) is 24.3 Å². The fourth-order valence-corrected chi connectivity index (χ4v) is 3.36. The Morgan fingerprint density at radius 3 is 2.03 bits per heavy atom. The highest BCUT2D eigenvalue weighted by atomic mass is 16.5. The Hall–Kier alpha value is -4.32. The third-order valence-electron chi connectivity index (χ3n) is 4.89. The lowest BCUT2D eigenvalue weighted by molar-refractivity contribution is 0.482. The van der Waals surface area contributed by atoms with Gasteiger partial charge in [-0.05, 0) is 54.1 Å². The van der Waals surface area contributed by atoms with Gasteiger partial charge in [-0.2, -0.15) is 5.10 Å². The summed E-state index contributed by atoms with van der Waals surface area (Å²) in [6, 6.07) is 23.5. The Balaban J connectivity index is 1.39. The van der Waals surface area contributed by atoms with E-state index in [9.17, 15) is 0 Å². The SMILES string of the molecule is c1ccc2c(Nc3ccc(Oc4ccncc4)cc3)nnc(Cc3ccncc3)c2c1. The number of hydrogen-bond donors (Lipinski definition) is 1. The molecule has 0 aliphatic carbocycles. The third kappa shape index (κ3) is 4.33. The zero-order chi connectivity index (χ0) is 20.9. The molecule has 0 atom stereocenters. The highest BCUT2D eigenvalue weighted by molar-refractivity contribution is 5.94. The normalized spacial score (nSPS) is 10.7. The molecule has 6 heteroatoms. The molecule has 0 bridgehead atoms. The van der Waals surface area contributed by atoms with E-state index in [1.807, 2.05) is 60.7 Å². The molecule has 0 aliphatic rings. The van der Waals surface area contributed by atoms with Crippen LogP contribution in [0.1, 0.15) is 11.3 Å². The van der Waals surface area contributed by atoms with Crippen molar-refractivity contribution in [1.82, 2.24) is 20.2 Å². The number of ether oxygens (including phenoxy) is 1. The van der Waals surface area contributed by atoms with Crippen molar-refractivity contribution in [3.63, 3.8) is 0 Å². The number of benzene rings is 2. The van der Waals surface area contributed by atoms with E-state index in [4.69, 9.17) is 4.74 Å². The van der Waals surface area contributed by atoms with Gasteiger partial charge < -0.3 is 10.1 Å². The molecule has 31 heavy (non-hydrogen) atoms. The number of rotatable bonds is 6. The van der Waals surface area contributed by atoms with Crippen molar-refractivity contribution in [2.45, 2.75) is 6.42 Å². The maximum absolute atomic E-state index is 5.83. The molecule has 0 spiro atoms. The summed E-state index contributed by atoms with van der Waals surface area (Å²) in [7, 11) is 0. The van der Waals surface area contributed by atoms with E-state index in [1.165, 1.54) is 0 Å². The molecular formula is C25H19N5O. The van der Waals surface area contributed by atoms with Crippen molar-refractivity contribution in [2.24, 2.45) is 0 Å². The van der Waals surface area contributed by atoms with Crippen molar-refractivity contribution in [3.05, 3.63) is 109 Å². The molecule has 150 valence electrons. The van der Waals surface area contributed by atoms with Crippen molar-refractivity contribution in [1.29, 1.82) is 0 Å². The first-order valence-corrected chi connectivity index (χ1v) is 9.93. The molecule has 3 heterocycles. The van der Waals surface area contributed by atoms with E-state index in [1.54, 1.807) is 24.8 Å². The second-order valence-corrected chi connectivity index (χ2v) is 7.01. The van der Waals surface area contributed by atoms with Gasteiger partial charge in [0.1, 0.15) is 11.5 Å². The first-order valence-electron chi connectivity index (χ1n) is 9.93. The maximum atomic E-state index is 5.83. The van der Waals surface area contributed by atoms with Crippen LogP contribution in [0.25, 0.3) is 10.8 Å². The van der Waals surface area contributed by atoms with Gasteiger partial charge in [-0.15, -0.1) is 5.10 Å². The summed E-state index contributed by atoms with van der Waals surface area (Å²) in [5.41, 5.74) is 3.00. The lowest BCUT2D eigenvalue weighted by atomic mass is 10.0. The molecule has 0 fully saturated rings. The molecule has 0 amide bonds. The Bertz CT molecular complexity index is 1290. The van der Waals surface area contributed by atoms with Crippen LogP contribution >= 0.6 is 0 Å². The maximum Gasteiger partial charge on any atom is 0.160 e. The lowest BCUT2D eigenvalue weighted by Crippen LogP contribution is -2.02. The van der Waals surface area contributed by atoms with E-state index >= 15 is 0 Å². The standard InChI is InChI=1S/C25H19N5O/c1-2-4-23-22(3-1)24(17-18-9-13-26-14-10-18)29-30-25(23)28-19-5-7-20(8-6-19)31-21-11-15-27-16-12-21/h1-16H,17H2,(H,28,30). The first kappa shape index (κ1) is 18.7. The van der Waals surface area contributed by atoms with Crippen molar-refractivity contribution >= 4 is 22.3 Å². The predicted octanol–water partition coefficient (Wildman–Crippen LogP) is 5.55. The van der Waals surface area contributed by atoms with Crippen molar-refractivity contribution < 1.29 is 4.74 Å². The number of nitrogens with zero attached hydrogens (tertiary/aromatic N) is 4. The summed E-state index contributed by atoms with van der Waals surface area (Å²) in [6.07, 6.45) is 7.70. The van der Waals surface area contributed by atoms with Gasteiger partial charge in [0.2, 0.25) is 0 Å². The minimum atomic E-state index is 0.706. The smallest absolute Gasteiger partial charge is 0.160 e. The summed E-state index contributed by atoms with van der Waals surface area (Å²) in [4.78, 5) is 8.08. The van der Waals surface area contributed by atoms with Crippen LogP contribution < -0.4 is 10.1 Å². The molecule has 0 aliphatic heterocycles. The zero-order valence-electron chi connectivity index (χ0n) is 16.6. The topological polar surface area (TPSA) is 72.8 Å². The molecule has 1 N–H and O–H groups in total. The molecule has 2 aromatic carbocycles. The van der Waals surface area contributed by atoms with Gasteiger partial charge in [0, 0.05) is 47.7 Å². The van der Waals surface area contributed by atoms with Crippen LogP contribution in [0, 0.1) is 0 Å². The Kier molecular flexibility index (Phi) is 5.18. The van der Waals surface area contributed by atoms with Crippen LogP contribution in [-0.2, 0) is 6.42 Å². The molecule has 5 rings (SSSR count). The molecule has 5 aromatic rings. The fourth-order valence-electron chi connectivity index (χ4n) is 3.36. The highest BCUT2D eigenvalue weighted by Crippen LogP contribution is 2.28. The van der Waals surface area contributed by atoms with E-state index in [0.29, 0.717) is 6.42 Å². The Labute approximate surface area is 179 Å². The van der Waals surface area contributed by atoms with E-state index in [-0.39, 0.29) is 0 Å². The van der Waals surface area contributed by atoms with Crippen LogP contribution in [-0.4, -0.2) is 20.2 Å². The lowest BCUT2D eigenvalue weighted by Gasteiger charge is -2.12. The van der Waals surface area contributed by atoms with Crippen molar-refractivity contribution in [2.75, 3.05) is 5.32 Å². The van der Waals surface area contributed by atoms with E-state index < -0.39 is 0 Å². The molecule has 3 aromatic heterocycles. The largest absolute Gasteiger partial charge is 0.457 e. The number of fused-ring (bicyclic) bond motifs is 1.